The Bertz CT molecular complexity index is 848. The summed E-state index contributed by atoms with van der Waals surface area (Å²) in [5, 5.41) is 2.69. The van der Waals surface area contributed by atoms with E-state index in [2.05, 4.69) is 22.4 Å². The third kappa shape index (κ3) is 4.31. The van der Waals surface area contributed by atoms with E-state index in [0.29, 0.717) is 49.4 Å². The molecule has 1 N–H and O–H groups in total. The third-order valence-corrected chi connectivity index (χ3v) is 5.08. The molecule has 7 nitrogen and oxygen atoms in total. The summed E-state index contributed by atoms with van der Waals surface area (Å²) in [7, 11) is 0. The quantitative estimate of drug-likeness (QED) is 0.861. The first-order valence-corrected chi connectivity index (χ1v) is 9.52. The molecule has 146 valence electrons. The lowest BCUT2D eigenvalue weighted by molar-refractivity contribution is -0.118. The van der Waals surface area contributed by atoms with E-state index >= 15 is 0 Å². The molecule has 0 spiro atoms. The molecule has 0 atom stereocenters. The summed E-state index contributed by atoms with van der Waals surface area (Å²) < 4.78 is 11.1. The van der Waals surface area contributed by atoms with Crippen molar-refractivity contribution in [1.29, 1.82) is 0 Å². The van der Waals surface area contributed by atoms with Gasteiger partial charge in [0.1, 0.15) is 5.69 Å². The predicted octanol–water partition coefficient (Wildman–Crippen LogP) is 2.48. The third-order valence-electron chi connectivity index (χ3n) is 5.08. The van der Waals surface area contributed by atoms with E-state index in [-0.39, 0.29) is 18.4 Å². The van der Waals surface area contributed by atoms with Crippen molar-refractivity contribution in [3.05, 3.63) is 53.7 Å². The van der Waals surface area contributed by atoms with Crippen LogP contribution >= 0.6 is 0 Å². The van der Waals surface area contributed by atoms with Crippen molar-refractivity contribution in [2.45, 2.75) is 19.4 Å². The maximum atomic E-state index is 12.8. The number of nitrogens with one attached hydrogen (secondary N) is 1. The average molecular weight is 381 g/mol. The minimum atomic E-state index is -0.241. The largest absolute Gasteiger partial charge is 0.466 e. The highest BCUT2D eigenvalue weighted by molar-refractivity contribution is 5.99. The van der Waals surface area contributed by atoms with E-state index < -0.39 is 0 Å². The number of ether oxygens (including phenoxy) is 2. The number of carbonyl (C=O) groups is 2. The van der Waals surface area contributed by atoms with Gasteiger partial charge in [-0.3, -0.25) is 9.59 Å². The number of carbonyl (C=O) groups excluding carboxylic acids is 2. The second-order valence-electron chi connectivity index (χ2n) is 7.15. The maximum absolute atomic E-state index is 12.8. The lowest BCUT2D eigenvalue weighted by Gasteiger charge is -2.32. The van der Waals surface area contributed by atoms with Crippen molar-refractivity contribution in [3.63, 3.8) is 0 Å². The van der Waals surface area contributed by atoms with Crippen LogP contribution in [0.1, 0.15) is 28.8 Å². The molecule has 2 amide bonds. The van der Waals surface area contributed by atoms with E-state index in [1.807, 2.05) is 23.1 Å². The Morgan fingerprint density at radius 1 is 1.25 bits per heavy atom. The number of anilines is 1. The second-order valence-corrected chi connectivity index (χ2v) is 7.15. The van der Waals surface area contributed by atoms with Gasteiger partial charge in [0.05, 0.1) is 12.2 Å². The first-order valence-electron chi connectivity index (χ1n) is 9.52. The molecule has 3 heterocycles. The first kappa shape index (κ1) is 18.4. The van der Waals surface area contributed by atoms with Crippen molar-refractivity contribution in [3.8, 4) is 5.88 Å². The zero-order chi connectivity index (χ0) is 19.3. The van der Waals surface area contributed by atoms with Crippen molar-refractivity contribution >= 4 is 17.5 Å². The highest BCUT2D eigenvalue weighted by Gasteiger charge is 2.26. The fraction of sp³-hybridized carbons (Fsp3) is 0.381. The number of pyridine rings is 1. The van der Waals surface area contributed by atoms with Gasteiger partial charge >= 0.3 is 0 Å². The summed E-state index contributed by atoms with van der Waals surface area (Å²) in [5.41, 5.74) is 2.08. The number of rotatable bonds is 5. The fourth-order valence-electron chi connectivity index (χ4n) is 3.50. The highest BCUT2D eigenvalue weighted by atomic mass is 16.5. The van der Waals surface area contributed by atoms with Gasteiger partial charge in [-0.1, -0.05) is 30.3 Å². The number of benzene rings is 1. The fourth-order valence-corrected chi connectivity index (χ4v) is 3.50. The molecule has 1 aromatic heterocycles. The molecular weight excluding hydrogens is 358 g/mol. The standard InChI is InChI=1S/C21H23N3O4/c25-19-14-28-20-18(23-19)10-17(11-22-20)21(26)24-8-6-16(7-9-24)13-27-12-15-4-2-1-3-5-15/h1-5,10-11,16H,6-9,12-14H2,(H,23,25). The summed E-state index contributed by atoms with van der Waals surface area (Å²) in [4.78, 5) is 30.2. The van der Waals surface area contributed by atoms with E-state index in [0.717, 1.165) is 12.8 Å². The molecule has 0 saturated carbocycles. The number of aromatic nitrogens is 1. The monoisotopic (exact) mass is 381 g/mol. The Hall–Kier alpha value is -2.93. The molecule has 28 heavy (non-hydrogen) atoms. The molecular formula is C21H23N3O4. The van der Waals surface area contributed by atoms with Gasteiger partial charge in [0.15, 0.2) is 6.61 Å². The predicted molar refractivity (Wildman–Crippen MR) is 103 cm³/mol. The van der Waals surface area contributed by atoms with Gasteiger partial charge in [-0.2, -0.15) is 0 Å². The molecule has 2 aromatic rings. The SMILES string of the molecule is O=C1COc2ncc(C(=O)N3CCC(COCc4ccccc4)CC3)cc2N1. The zero-order valence-electron chi connectivity index (χ0n) is 15.6. The smallest absolute Gasteiger partial charge is 0.262 e. The van der Waals surface area contributed by atoms with Crippen LogP contribution in [0.2, 0.25) is 0 Å². The van der Waals surface area contributed by atoms with Crippen LogP contribution in [0.25, 0.3) is 0 Å². The van der Waals surface area contributed by atoms with Crippen molar-refractivity contribution in [2.24, 2.45) is 5.92 Å². The van der Waals surface area contributed by atoms with Crippen LogP contribution in [-0.4, -0.2) is 48.0 Å². The molecule has 0 bridgehead atoms. The number of likely N-dealkylation sites (tertiary alicyclic amines) is 1. The Morgan fingerprint density at radius 2 is 2.04 bits per heavy atom. The van der Waals surface area contributed by atoms with Crippen LogP contribution < -0.4 is 10.1 Å². The number of hydrogen-bond donors (Lipinski definition) is 1. The zero-order valence-corrected chi connectivity index (χ0v) is 15.6. The van der Waals surface area contributed by atoms with Gasteiger partial charge in [-0.05, 0) is 30.4 Å². The van der Waals surface area contributed by atoms with Gasteiger partial charge in [0, 0.05) is 25.9 Å². The number of nitrogens with zero attached hydrogens (tertiary/aromatic N) is 2. The van der Waals surface area contributed by atoms with Crippen molar-refractivity contribution < 1.29 is 19.1 Å². The average Bonchev–Trinajstić information content (AvgIpc) is 2.74. The number of fused-ring (bicyclic) bond motifs is 1. The van der Waals surface area contributed by atoms with Gasteiger partial charge in [-0.25, -0.2) is 4.98 Å². The van der Waals surface area contributed by atoms with E-state index in [4.69, 9.17) is 9.47 Å². The molecule has 7 heteroatoms. The van der Waals surface area contributed by atoms with Crippen LogP contribution in [-0.2, 0) is 16.1 Å². The van der Waals surface area contributed by atoms with Gasteiger partial charge in [-0.15, -0.1) is 0 Å². The molecule has 1 fully saturated rings. The molecule has 1 aromatic carbocycles. The Morgan fingerprint density at radius 3 is 2.82 bits per heavy atom. The van der Waals surface area contributed by atoms with E-state index in [1.165, 1.54) is 11.8 Å². The molecule has 1 saturated heterocycles. The second kappa shape index (κ2) is 8.39. The number of piperidine rings is 1. The molecule has 0 aliphatic carbocycles. The molecule has 2 aliphatic rings. The van der Waals surface area contributed by atoms with Crippen LogP contribution in [0.3, 0.4) is 0 Å². The minimum absolute atomic E-state index is 0.0485. The summed E-state index contributed by atoms with van der Waals surface area (Å²) in [6.07, 6.45) is 3.34. The van der Waals surface area contributed by atoms with E-state index in [1.54, 1.807) is 6.07 Å². The molecule has 0 radical (unpaired) electrons. The van der Waals surface area contributed by atoms with Gasteiger partial charge < -0.3 is 19.7 Å². The Balaban J connectivity index is 1.27. The summed E-state index contributed by atoms with van der Waals surface area (Å²) in [6, 6.07) is 11.8. The van der Waals surface area contributed by atoms with Crippen LogP contribution in [0.15, 0.2) is 42.6 Å². The summed E-state index contributed by atoms with van der Waals surface area (Å²) in [5.74, 6) is 0.501. The highest BCUT2D eigenvalue weighted by Crippen LogP contribution is 2.27. The normalized spacial score (nSPS) is 16.9. The summed E-state index contributed by atoms with van der Waals surface area (Å²) >= 11 is 0. The van der Waals surface area contributed by atoms with Crippen molar-refractivity contribution in [2.75, 3.05) is 31.6 Å². The first-order chi connectivity index (χ1) is 13.7. The molecule has 4 rings (SSSR count). The van der Waals surface area contributed by atoms with Crippen LogP contribution in [0, 0.1) is 5.92 Å². The lowest BCUT2D eigenvalue weighted by Crippen LogP contribution is -2.39. The topological polar surface area (TPSA) is 80.8 Å². The number of hydrogen-bond acceptors (Lipinski definition) is 5. The Labute approximate surface area is 163 Å². The van der Waals surface area contributed by atoms with Crippen LogP contribution in [0.4, 0.5) is 5.69 Å². The number of amides is 2. The van der Waals surface area contributed by atoms with Gasteiger partial charge in [0.2, 0.25) is 5.88 Å². The van der Waals surface area contributed by atoms with Crippen LogP contribution in [0.5, 0.6) is 5.88 Å². The molecule has 0 unspecified atom stereocenters. The lowest BCUT2D eigenvalue weighted by atomic mass is 9.97. The van der Waals surface area contributed by atoms with E-state index in [9.17, 15) is 9.59 Å². The maximum Gasteiger partial charge on any atom is 0.262 e. The summed E-state index contributed by atoms with van der Waals surface area (Å²) in [6.45, 7) is 2.67. The van der Waals surface area contributed by atoms with Crippen molar-refractivity contribution in [1.82, 2.24) is 9.88 Å². The van der Waals surface area contributed by atoms with Gasteiger partial charge in [0.25, 0.3) is 11.8 Å². The molecule has 2 aliphatic heterocycles. The Kier molecular flexibility index (Phi) is 5.53. The minimum Gasteiger partial charge on any atom is -0.466 e.